The van der Waals surface area contributed by atoms with E-state index in [9.17, 15) is 4.79 Å². The van der Waals surface area contributed by atoms with Crippen LogP contribution in [0.1, 0.15) is 30.2 Å². The fraction of sp³-hybridized carbons (Fsp3) is 0.280. The Bertz CT molecular complexity index is 1210. The standard InChI is InChI=1S/C25H24N2O3S2/c1-2-29-16-11-13-17(14-12-16)30-15-22(28)27-25-23(18-7-3-5-9-20(18)31-25)24-26-19-8-4-6-10-21(19)32-24/h4,6,8,10-14H,2-3,5,7,9,15H2,1H3,(H,27,28). The Morgan fingerprint density at radius 1 is 1.00 bits per heavy atom. The van der Waals surface area contributed by atoms with E-state index < -0.39 is 0 Å². The summed E-state index contributed by atoms with van der Waals surface area (Å²) < 4.78 is 12.3. The van der Waals surface area contributed by atoms with E-state index in [1.807, 2.05) is 49.4 Å². The second-order valence-corrected chi connectivity index (χ2v) is 9.78. The van der Waals surface area contributed by atoms with E-state index in [1.165, 1.54) is 23.3 Å². The summed E-state index contributed by atoms with van der Waals surface area (Å²) >= 11 is 3.37. The van der Waals surface area contributed by atoms with Crippen LogP contribution in [0.5, 0.6) is 11.5 Å². The first-order chi connectivity index (χ1) is 15.7. The largest absolute Gasteiger partial charge is 0.494 e. The molecule has 1 aliphatic rings. The molecule has 2 aromatic heterocycles. The van der Waals surface area contributed by atoms with Gasteiger partial charge in [-0.3, -0.25) is 4.79 Å². The number of carbonyl (C=O) groups is 1. The number of nitrogens with one attached hydrogen (secondary N) is 1. The van der Waals surface area contributed by atoms with E-state index in [4.69, 9.17) is 14.5 Å². The predicted molar refractivity (Wildman–Crippen MR) is 131 cm³/mol. The van der Waals surface area contributed by atoms with Crippen LogP contribution < -0.4 is 14.8 Å². The highest BCUT2D eigenvalue weighted by molar-refractivity contribution is 7.22. The zero-order valence-corrected chi connectivity index (χ0v) is 19.5. The molecule has 0 saturated heterocycles. The quantitative estimate of drug-likeness (QED) is 0.348. The van der Waals surface area contributed by atoms with Crippen LogP contribution in [0.3, 0.4) is 0 Å². The van der Waals surface area contributed by atoms with Crippen LogP contribution in [0.15, 0.2) is 48.5 Å². The maximum Gasteiger partial charge on any atom is 0.262 e. The highest BCUT2D eigenvalue weighted by atomic mass is 32.1. The van der Waals surface area contributed by atoms with Crippen molar-refractivity contribution in [2.24, 2.45) is 0 Å². The van der Waals surface area contributed by atoms with E-state index in [0.717, 1.165) is 44.4 Å². The Balaban J connectivity index is 1.36. The Morgan fingerprint density at radius 2 is 1.75 bits per heavy atom. The number of hydrogen-bond donors (Lipinski definition) is 1. The second kappa shape index (κ2) is 9.30. The van der Waals surface area contributed by atoms with Gasteiger partial charge in [0.05, 0.1) is 16.8 Å². The molecule has 1 amide bonds. The molecule has 0 unspecified atom stereocenters. The third-order valence-electron chi connectivity index (χ3n) is 5.44. The predicted octanol–water partition coefficient (Wildman–Crippen LogP) is 6.32. The van der Waals surface area contributed by atoms with E-state index >= 15 is 0 Å². The minimum absolute atomic E-state index is 0.0458. The SMILES string of the molecule is CCOc1ccc(OCC(=O)Nc2sc3c(c2-c2nc4ccccc4s2)CCCC3)cc1. The fourth-order valence-corrected chi connectivity index (χ4v) is 6.39. The number of aromatic nitrogens is 1. The van der Waals surface area contributed by atoms with Gasteiger partial charge in [0.2, 0.25) is 0 Å². The number of rotatable bonds is 7. The molecular weight excluding hydrogens is 440 g/mol. The number of para-hydroxylation sites is 1. The van der Waals surface area contributed by atoms with Crippen LogP contribution in [0.2, 0.25) is 0 Å². The van der Waals surface area contributed by atoms with E-state index in [1.54, 1.807) is 22.7 Å². The Hall–Kier alpha value is -2.90. The molecule has 4 aromatic rings. The number of benzene rings is 2. The number of amides is 1. The summed E-state index contributed by atoms with van der Waals surface area (Å²) in [6.45, 7) is 2.51. The lowest BCUT2D eigenvalue weighted by molar-refractivity contribution is -0.118. The molecule has 5 nitrogen and oxygen atoms in total. The number of anilines is 1. The third kappa shape index (κ3) is 4.36. The van der Waals surface area contributed by atoms with Crippen molar-refractivity contribution < 1.29 is 14.3 Å². The highest BCUT2D eigenvalue weighted by Gasteiger charge is 2.25. The minimum atomic E-state index is -0.167. The first-order valence-corrected chi connectivity index (χ1v) is 12.5. The van der Waals surface area contributed by atoms with Gasteiger partial charge in [0, 0.05) is 10.4 Å². The molecule has 0 radical (unpaired) electrons. The summed E-state index contributed by atoms with van der Waals surface area (Å²) in [5.74, 6) is 1.26. The molecule has 2 aromatic carbocycles. The maximum absolute atomic E-state index is 12.8. The number of fused-ring (bicyclic) bond motifs is 2. The van der Waals surface area contributed by atoms with E-state index in [0.29, 0.717) is 12.4 Å². The molecule has 1 N–H and O–H groups in total. The van der Waals surface area contributed by atoms with Crippen molar-refractivity contribution in [1.29, 1.82) is 0 Å². The van der Waals surface area contributed by atoms with Gasteiger partial charge in [-0.1, -0.05) is 12.1 Å². The number of hydrogen-bond acceptors (Lipinski definition) is 6. The third-order valence-corrected chi connectivity index (χ3v) is 7.70. The summed E-state index contributed by atoms with van der Waals surface area (Å²) in [6.07, 6.45) is 4.48. The molecule has 32 heavy (non-hydrogen) atoms. The molecule has 164 valence electrons. The number of nitrogens with zero attached hydrogens (tertiary/aromatic N) is 1. The summed E-state index contributed by atoms with van der Waals surface area (Å²) in [5, 5.41) is 4.97. The lowest BCUT2D eigenvalue weighted by atomic mass is 9.96. The van der Waals surface area contributed by atoms with Crippen molar-refractivity contribution in [2.75, 3.05) is 18.5 Å². The van der Waals surface area contributed by atoms with Gasteiger partial charge in [0.15, 0.2) is 6.61 Å². The zero-order valence-electron chi connectivity index (χ0n) is 17.8. The van der Waals surface area contributed by atoms with Gasteiger partial charge in [0.1, 0.15) is 21.5 Å². The van der Waals surface area contributed by atoms with Gasteiger partial charge in [-0.25, -0.2) is 4.98 Å². The average molecular weight is 465 g/mol. The van der Waals surface area contributed by atoms with Crippen LogP contribution in [0, 0.1) is 0 Å². The second-order valence-electron chi connectivity index (χ2n) is 7.64. The van der Waals surface area contributed by atoms with Crippen molar-refractivity contribution in [1.82, 2.24) is 4.98 Å². The van der Waals surface area contributed by atoms with Crippen molar-refractivity contribution in [3.63, 3.8) is 0 Å². The van der Waals surface area contributed by atoms with E-state index in [2.05, 4.69) is 11.4 Å². The normalized spacial score (nSPS) is 13.0. The number of thiazole rings is 1. The summed E-state index contributed by atoms with van der Waals surface area (Å²) in [4.78, 5) is 19.0. The summed E-state index contributed by atoms with van der Waals surface area (Å²) in [5.41, 5.74) is 3.45. The molecule has 0 bridgehead atoms. The number of carbonyl (C=O) groups excluding carboxylic acids is 1. The van der Waals surface area contributed by atoms with E-state index in [-0.39, 0.29) is 12.5 Å². The molecule has 5 rings (SSSR count). The molecule has 7 heteroatoms. The van der Waals surface area contributed by atoms with Crippen LogP contribution in [-0.2, 0) is 17.6 Å². The van der Waals surface area contributed by atoms with Crippen molar-refractivity contribution in [3.05, 3.63) is 59.0 Å². The molecule has 0 atom stereocenters. The molecule has 0 spiro atoms. The molecule has 0 fully saturated rings. The van der Waals surface area contributed by atoms with Gasteiger partial charge < -0.3 is 14.8 Å². The number of aryl methyl sites for hydroxylation is 1. The first-order valence-electron chi connectivity index (χ1n) is 10.9. The topological polar surface area (TPSA) is 60.5 Å². The molecular formula is C25H24N2O3S2. The van der Waals surface area contributed by atoms with Gasteiger partial charge in [0.25, 0.3) is 5.91 Å². The summed E-state index contributed by atoms with van der Waals surface area (Å²) in [7, 11) is 0. The smallest absolute Gasteiger partial charge is 0.262 e. The highest BCUT2D eigenvalue weighted by Crippen LogP contribution is 2.46. The van der Waals surface area contributed by atoms with Crippen molar-refractivity contribution in [2.45, 2.75) is 32.6 Å². The lowest BCUT2D eigenvalue weighted by Gasteiger charge is -2.12. The minimum Gasteiger partial charge on any atom is -0.494 e. The van der Waals surface area contributed by atoms with Crippen LogP contribution in [-0.4, -0.2) is 24.1 Å². The Morgan fingerprint density at radius 3 is 2.53 bits per heavy atom. The summed E-state index contributed by atoms with van der Waals surface area (Å²) in [6, 6.07) is 15.5. The van der Waals surface area contributed by atoms with Gasteiger partial charge >= 0.3 is 0 Å². The van der Waals surface area contributed by atoms with Gasteiger partial charge in [-0.15, -0.1) is 22.7 Å². The van der Waals surface area contributed by atoms with Crippen LogP contribution in [0.25, 0.3) is 20.8 Å². The Labute approximate surface area is 195 Å². The van der Waals surface area contributed by atoms with Crippen LogP contribution >= 0.6 is 22.7 Å². The number of ether oxygens (including phenoxy) is 2. The molecule has 2 heterocycles. The van der Waals surface area contributed by atoms with Gasteiger partial charge in [-0.05, 0) is 74.6 Å². The van der Waals surface area contributed by atoms with Crippen LogP contribution in [0.4, 0.5) is 5.00 Å². The lowest BCUT2D eigenvalue weighted by Crippen LogP contribution is -2.20. The zero-order chi connectivity index (χ0) is 21.9. The monoisotopic (exact) mass is 464 g/mol. The van der Waals surface area contributed by atoms with Gasteiger partial charge in [-0.2, -0.15) is 0 Å². The molecule has 0 aliphatic heterocycles. The average Bonchev–Trinajstić information content (AvgIpc) is 3.39. The van der Waals surface area contributed by atoms with Crippen molar-refractivity contribution >= 4 is 43.8 Å². The Kier molecular flexibility index (Phi) is 6.10. The molecule has 0 saturated carbocycles. The van der Waals surface area contributed by atoms with Crippen molar-refractivity contribution in [3.8, 4) is 22.1 Å². The first kappa shape index (κ1) is 21.0. The number of thiophene rings is 1. The molecule has 1 aliphatic carbocycles. The fourth-order valence-electron chi connectivity index (χ4n) is 3.97. The maximum atomic E-state index is 12.8.